The number of aromatic nitrogens is 1. The van der Waals surface area contributed by atoms with E-state index in [1.165, 1.54) is 0 Å². The van der Waals surface area contributed by atoms with E-state index in [9.17, 15) is 4.79 Å². The van der Waals surface area contributed by atoms with Crippen molar-refractivity contribution in [3.8, 4) is 0 Å². The lowest BCUT2D eigenvalue weighted by atomic mass is 10.3. The van der Waals surface area contributed by atoms with Crippen LogP contribution in [-0.2, 0) is 4.79 Å². The van der Waals surface area contributed by atoms with E-state index in [2.05, 4.69) is 10.3 Å². The van der Waals surface area contributed by atoms with E-state index in [-0.39, 0.29) is 5.91 Å². The lowest BCUT2D eigenvalue weighted by Crippen LogP contribution is -2.48. The molecule has 2 rings (SSSR count). The summed E-state index contributed by atoms with van der Waals surface area (Å²) in [7, 11) is 0. The van der Waals surface area contributed by atoms with Crippen LogP contribution in [0.1, 0.15) is 0 Å². The van der Waals surface area contributed by atoms with Gasteiger partial charge in [-0.05, 0) is 6.07 Å². The molecular weight excluding hydrogens is 180 g/mol. The van der Waals surface area contributed by atoms with Gasteiger partial charge in [0.05, 0.1) is 6.54 Å². The lowest BCUT2D eigenvalue weighted by Gasteiger charge is -2.27. The van der Waals surface area contributed by atoms with Crippen molar-refractivity contribution >= 4 is 17.4 Å². The molecule has 1 aliphatic rings. The molecule has 1 aliphatic heterocycles. The molecule has 3 N–H and O–H groups in total. The fraction of sp³-hybridized carbons (Fsp3) is 0.333. The highest BCUT2D eigenvalue weighted by Gasteiger charge is 2.16. The second kappa shape index (κ2) is 3.53. The van der Waals surface area contributed by atoms with Crippen LogP contribution in [-0.4, -0.2) is 30.5 Å². The molecule has 5 nitrogen and oxygen atoms in total. The van der Waals surface area contributed by atoms with Gasteiger partial charge in [0.25, 0.3) is 0 Å². The normalized spacial score (nSPS) is 16.6. The molecule has 14 heavy (non-hydrogen) atoms. The number of nitrogens with zero attached hydrogens (tertiary/aromatic N) is 2. The van der Waals surface area contributed by atoms with Crippen molar-refractivity contribution in [2.75, 3.05) is 30.3 Å². The Morgan fingerprint density at radius 1 is 1.57 bits per heavy atom. The molecule has 1 aromatic heterocycles. The Morgan fingerprint density at radius 3 is 3.14 bits per heavy atom. The van der Waals surface area contributed by atoms with Crippen LogP contribution in [0.15, 0.2) is 18.3 Å². The van der Waals surface area contributed by atoms with Gasteiger partial charge >= 0.3 is 0 Å². The van der Waals surface area contributed by atoms with E-state index in [1.54, 1.807) is 18.3 Å². The standard InChI is InChI=1S/C9H12N4O/c10-7-1-2-11-8(5-7)13-4-3-12-9(14)6-13/h1-2,5H,3-4,6H2,(H2,10,11)(H,12,14). The van der Waals surface area contributed by atoms with Crippen LogP contribution in [0.5, 0.6) is 0 Å². The molecule has 0 atom stereocenters. The van der Waals surface area contributed by atoms with E-state index in [0.717, 1.165) is 12.4 Å². The third-order valence-electron chi connectivity index (χ3n) is 2.13. The largest absolute Gasteiger partial charge is 0.399 e. The SMILES string of the molecule is Nc1ccnc(N2CCNC(=O)C2)c1. The summed E-state index contributed by atoms with van der Waals surface area (Å²) in [5.41, 5.74) is 6.30. The summed E-state index contributed by atoms with van der Waals surface area (Å²) >= 11 is 0. The maximum absolute atomic E-state index is 11.1. The van der Waals surface area contributed by atoms with E-state index in [4.69, 9.17) is 5.73 Å². The van der Waals surface area contributed by atoms with Gasteiger partial charge in [-0.2, -0.15) is 0 Å². The summed E-state index contributed by atoms with van der Waals surface area (Å²) in [4.78, 5) is 17.2. The van der Waals surface area contributed by atoms with Crippen LogP contribution in [0.25, 0.3) is 0 Å². The quantitative estimate of drug-likeness (QED) is 0.635. The number of amides is 1. The van der Waals surface area contributed by atoms with Gasteiger partial charge in [-0.25, -0.2) is 4.98 Å². The number of hydrogen-bond acceptors (Lipinski definition) is 4. The molecule has 1 fully saturated rings. The summed E-state index contributed by atoms with van der Waals surface area (Å²) in [5.74, 6) is 0.792. The molecule has 5 heteroatoms. The minimum atomic E-state index is 0.0282. The molecular formula is C9H12N4O. The van der Waals surface area contributed by atoms with Crippen LogP contribution in [0.2, 0.25) is 0 Å². The molecule has 74 valence electrons. The van der Waals surface area contributed by atoms with Crippen molar-refractivity contribution in [3.05, 3.63) is 18.3 Å². The van der Waals surface area contributed by atoms with Gasteiger partial charge in [-0.1, -0.05) is 0 Å². The summed E-state index contributed by atoms with van der Waals surface area (Å²) in [6, 6.07) is 3.51. The fourth-order valence-electron chi connectivity index (χ4n) is 1.44. The van der Waals surface area contributed by atoms with E-state index in [0.29, 0.717) is 18.8 Å². The van der Waals surface area contributed by atoms with Gasteiger partial charge in [0.1, 0.15) is 5.82 Å². The number of rotatable bonds is 1. The molecule has 0 aromatic carbocycles. The Labute approximate surface area is 81.9 Å². The van der Waals surface area contributed by atoms with Crippen molar-refractivity contribution in [2.45, 2.75) is 0 Å². The summed E-state index contributed by atoms with van der Waals surface area (Å²) in [6.07, 6.45) is 1.65. The van der Waals surface area contributed by atoms with Crippen LogP contribution in [0.3, 0.4) is 0 Å². The zero-order chi connectivity index (χ0) is 9.97. The predicted octanol–water partition coefficient (Wildman–Crippen LogP) is -0.400. The highest BCUT2D eigenvalue weighted by molar-refractivity contribution is 5.82. The first-order chi connectivity index (χ1) is 6.75. The second-order valence-corrected chi connectivity index (χ2v) is 3.22. The smallest absolute Gasteiger partial charge is 0.239 e. The van der Waals surface area contributed by atoms with Gasteiger partial charge in [0.2, 0.25) is 5.91 Å². The Morgan fingerprint density at radius 2 is 2.43 bits per heavy atom. The molecule has 0 unspecified atom stereocenters. The fourth-order valence-corrected chi connectivity index (χ4v) is 1.44. The highest BCUT2D eigenvalue weighted by Crippen LogP contribution is 2.14. The molecule has 0 radical (unpaired) electrons. The number of carbonyl (C=O) groups excluding carboxylic acids is 1. The van der Waals surface area contributed by atoms with E-state index >= 15 is 0 Å². The zero-order valence-electron chi connectivity index (χ0n) is 7.73. The number of nitrogens with one attached hydrogen (secondary N) is 1. The number of anilines is 2. The molecule has 0 aliphatic carbocycles. The number of hydrogen-bond donors (Lipinski definition) is 2. The minimum Gasteiger partial charge on any atom is -0.399 e. The van der Waals surface area contributed by atoms with Gasteiger partial charge in [-0.15, -0.1) is 0 Å². The highest BCUT2D eigenvalue weighted by atomic mass is 16.2. The maximum atomic E-state index is 11.1. The van der Waals surface area contributed by atoms with Crippen molar-refractivity contribution in [3.63, 3.8) is 0 Å². The van der Waals surface area contributed by atoms with Gasteiger partial charge < -0.3 is 16.0 Å². The minimum absolute atomic E-state index is 0.0282. The molecule has 0 saturated carbocycles. The summed E-state index contributed by atoms with van der Waals surface area (Å²) in [5, 5.41) is 2.76. The van der Waals surface area contributed by atoms with E-state index in [1.807, 2.05) is 4.90 Å². The average molecular weight is 192 g/mol. The Hall–Kier alpha value is -1.78. The first-order valence-electron chi connectivity index (χ1n) is 4.49. The zero-order valence-corrected chi connectivity index (χ0v) is 7.73. The van der Waals surface area contributed by atoms with Crippen molar-refractivity contribution in [1.29, 1.82) is 0 Å². The lowest BCUT2D eigenvalue weighted by molar-refractivity contribution is -0.120. The van der Waals surface area contributed by atoms with Crippen molar-refractivity contribution in [1.82, 2.24) is 10.3 Å². The summed E-state index contributed by atoms with van der Waals surface area (Å²) < 4.78 is 0. The third kappa shape index (κ3) is 1.76. The second-order valence-electron chi connectivity index (χ2n) is 3.22. The van der Waals surface area contributed by atoms with Crippen LogP contribution in [0.4, 0.5) is 11.5 Å². The van der Waals surface area contributed by atoms with Crippen molar-refractivity contribution < 1.29 is 4.79 Å². The third-order valence-corrected chi connectivity index (χ3v) is 2.13. The van der Waals surface area contributed by atoms with Crippen LogP contribution >= 0.6 is 0 Å². The first kappa shape index (κ1) is 8.80. The molecule has 1 aromatic rings. The molecule has 1 amide bonds. The van der Waals surface area contributed by atoms with Crippen LogP contribution < -0.4 is 16.0 Å². The Balaban J connectivity index is 2.17. The molecule has 2 heterocycles. The molecule has 0 spiro atoms. The molecule has 0 bridgehead atoms. The van der Waals surface area contributed by atoms with Gasteiger partial charge in [-0.3, -0.25) is 4.79 Å². The monoisotopic (exact) mass is 192 g/mol. The van der Waals surface area contributed by atoms with E-state index < -0.39 is 0 Å². The number of nitrogens with two attached hydrogens (primary N) is 1. The van der Waals surface area contributed by atoms with Crippen molar-refractivity contribution in [2.24, 2.45) is 0 Å². The Kier molecular flexibility index (Phi) is 2.22. The van der Waals surface area contributed by atoms with Gasteiger partial charge in [0.15, 0.2) is 0 Å². The predicted molar refractivity (Wildman–Crippen MR) is 53.9 cm³/mol. The summed E-state index contributed by atoms with van der Waals surface area (Å²) in [6.45, 7) is 1.80. The molecule has 1 saturated heterocycles. The number of pyridine rings is 1. The number of carbonyl (C=O) groups is 1. The first-order valence-corrected chi connectivity index (χ1v) is 4.49. The van der Waals surface area contributed by atoms with Crippen LogP contribution in [0, 0.1) is 0 Å². The Bertz CT molecular complexity index is 352. The number of nitrogen functional groups attached to an aromatic ring is 1. The number of piperazine rings is 1. The maximum Gasteiger partial charge on any atom is 0.239 e. The van der Waals surface area contributed by atoms with Gasteiger partial charge in [0, 0.05) is 31.0 Å². The average Bonchev–Trinajstić information content (AvgIpc) is 2.18. The topological polar surface area (TPSA) is 71.2 Å².